The lowest BCUT2D eigenvalue weighted by atomic mass is 10.2. The van der Waals surface area contributed by atoms with Crippen molar-refractivity contribution in [3.05, 3.63) is 52.9 Å². The van der Waals surface area contributed by atoms with Crippen LogP contribution in [-0.4, -0.2) is 42.0 Å². The molecular formula is C21H24N2O6S. The molecule has 1 N–H and O–H groups in total. The number of hydrogen-bond acceptors (Lipinski definition) is 8. The molecule has 9 heteroatoms. The number of ether oxygens (including phenoxy) is 2. The topological polar surface area (TPSA) is 108 Å². The minimum absolute atomic E-state index is 0.124. The molecule has 2 rings (SSSR count). The van der Waals surface area contributed by atoms with Crippen molar-refractivity contribution in [3.63, 3.8) is 0 Å². The molecule has 0 bridgehead atoms. The minimum Gasteiger partial charge on any atom is -0.463 e. The van der Waals surface area contributed by atoms with Crippen molar-refractivity contribution in [3.8, 4) is 0 Å². The highest BCUT2D eigenvalue weighted by atomic mass is 32.2. The van der Waals surface area contributed by atoms with Gasteiger partial charge in [0.15, 0.2) is 6.61 Å². The summed E-state index contributed by atoms with van der Waals surface area (Å²) in [7, 11) is 0. The second kappa shape index (κ2) is 11.8. The molecule has 0 aliphatic rings. The zero-order valence-corrected chi connectivity index (χ0v) is 17.9. The zero-order chi connectivity index (χ0) is 21.9. The van der Waals surface area contributed by atoms with Crippen LogP contribution in [0, 0.1) is 13.8 Å². The number of carbonyl (C=O) groups is 3. The number of esters is 2. The highest BCUT2D eigenvalue weighted by molar-refractivity contribution is 7.99. The van der Waals surface area contributed by atoms with Crippen molar-refractivity contribution >= 4 is 41.4 Å². The SMILES string of the molecule is CCOC(=O)/C=C/c1ccc(NC(=O)COC(=O)CSCc2c(C)noc2C)cc1. The van der Waals surface area contributed by atoms with Gasteiger partial charge in [-0.05, 0) is 44.5 Å². The van der Waals surface area contributed by atoms with Crippen molar-refractivity contribution < 1.29 is 28.4 Å². The molecule has 30 heavy (non-hydrogen) atoms. The first-order valence-corrected chi connectivity index (χ1v) is 10.4. The number of thioether (sulfide) groups is 1. The summed E-state index contributed by atoms with van der Waals surface area (Å²) in [6, 6.07) is 6.85. The molecule has 0 atom stereocenters. The van der Waals surface area contributed by atoms with Crippen LogP contribution in [0.3, 0.4) is 0 Å². The van der Waals surface area contributed by atoms with Crippen molar-refractivity contribution in [2.75, 3.05) is 24.3 Å². The molecule has 0 unspecified atom stereocenters. The van der Waals surface area contributed by atoms with Crippen LogP contribution in [-0.2, 0) is 29.6 Å². The minimum atomic E-state index is -0.471. The lowest BCUT2D eigenvalue weighted by Gasteiger charge is -2.07. The standard InChI is InChI=1S/C21H24N2O6S/c1-4-27-20(25)10-7-16-5-8-17(9-6-16)22-19(24)11-28-21(26)13-30-12-18-14(2)23-29-15(18)3/h5-10H,4,11-13H2,1-3H3,(H,22,24)/b10-7+. The number of anilines is 1. The van der Waals surface area contributed by atoms with Crippen LogP contribution in [0.5, 0.6) is 0 Å². The number of amides is 1. The molecule has 2 aromatic rings. The molecule has 1 amide bonds. The molecular weight excluding hydrogens is 408 g/mol. The average Bonchev–Trinajstić information content (AvgIpc) is 3.04. The van der Waals surface area contributed by atoms with Gasteiger partial charge in [0.2, 0.25) is 0 Å². The Morgan fingerprint density at radius 2 is 1.90 bits per heavy atom. The monoisotopic (exact) mass is 432 g/mol. The second-order valence-corrected chi connectivity index (χ2v) is 7.20. The van der Waals surface area contributed by atoms with Gasteiger partial charge in [0.1, 0.15) is 5.76 Å². The Kier molecular flexibility index (Phi) is 9.14. The zero-order valence-electron chi connectivity index (χ0n) is 17.1. The highest BCUT2D eigenvalue weighted by Crippen LogP contribution is 2.19. The van der Waals surface area contributed by atoms with Crippen molar-refractivity contribution in [1.82, 2.24) is 5.16 Å². The van der Waals surface area contributed by atoms with Crippen molar-refractivity contribution in [2.24, 2.45) is 0 Å². The molecule has 1 aromatic carbocycles. The van der Waals surface area contributed by atoms with Gasteiger partial charge in [0.25, 0.3) is 5.91 Å². The maximum Gasteiger partial charge on any atom is 0.330 e. The number of hydrogen-bond donors (Lipinski definition) is 1. The van der Waals surface area contributed by atoms with E-state index >= 15 is 0 Å². The van der Waals surface area contributed by atoms with Gasteiger partial charge in [-0.2, -0.15) is 0 Å². The molecule has 1 heterocycles. The fraction of sp³-hybridized carbons (Fsp3) is 0.333. The van der Waals surface area contributed by atoms with E-state index in [0.717, 1.165) is 22.6 Å². The first-order chi connectivity index (χ1) is 14.4. The smallest absolute Gasteiger partial charge is 0.330 e. The molecule has 0 fully saturated rings. The molecule has 0 aliphatic heterocycles. The third kappa shape index (κ3) is 7.75. The normalized spacial score (nSPS) is 10.8. The number of nitrogens with zero attached hydrogens (tertiary/aromatic N) is 1. The number of nitrogens with one attached hydrogen (secondary N) is 1. The Hall–Kier alpha value is -3.07. The van der Waals surface area contributed by atoms with Crippen molar-refractivity contribution in [1.29, 1.82) is 0 Å². The number of benzene rings is 1. The lowest BCUT2D eigenvalue weighted by molar-refractivity contribution is -0.144. The largest absolute Gasteiger partial charge is 0.463 e. The van der Waals surface area contributed by atoms with Gasteiger partial charge in [0, 0.05) is 23.1 Å². The molecule has 8 nitrogen and oxygen atoms in total. The Morgan fingerprint density at radius 1 is 1.17 bits per heavy atom. The Bertz CT molecular complexity index is 885. The summed E-state index contributed by atoms with van der Waals surface area (Å²) >= 11 is 1.37. The number of carbonyl (C=O) groups excluding carboxylic acids is 3. The van der Waals surface area contributed by atoms with Gasteiger partial charge < -0.3 is 19.3 Å². The van der Waals surface area contributed by atoms with Gasteiger partial charge in [-0.1, -0.05) is 17.3 Å². The summed E-state index contributed by atoms with van der Waals surface area (Å²) < 4.78 is 14.9. The van der Waals surface area contributed by atoms with Crippen LogP contribution in [0.1, 0.15) is 29.5 Å². The molecule has 0 aliphatic carbocycles. The summed E-state index contributed by atoms with van der Waals surface area (Å²) in [6.07, 6.45) is 2.95. The average molecular weight is 432 g/mol. The first-order valence-electron chi connectivity index (χ1n) is 9.29. The third-order valence-electron chi connectivity index (χ3n) is 3.90. The van der Waals surface area contributed by atoms with E-state index in [2.05, 4.69) is 10.5 Å². The summed E-state index contributed by atoms with van der Waals surface area (Å²) in [4.78, 5) is 35.1. The van der Waals surface area contributed by atoms with Crippen LogP contribution in [0.4, 0.5) is 5.69 Å². The predicted molar refractivity (Wildman–Crippen MR) is 114 cm³/mol. The maximum atomic E-state index is 11.9. The second-order valence-electron chi connectivity index (χ2n) is 6.21. The predicted octanol–water partition coefficient (Wildman–Crippen LogP) is 3.28. The quantitative estimate of drug-likeness (QED) is 0.450. The Labute approximate surface area is 179 Å². The van der Waals surface area contributed by atoms with Gasteiger partial charge >= 0.3 is 11.9 Å². The van der Waals surface area contributed by atoms with Gasteiger partial charge in [-0.15, -0.1) is 11.8 Å². The summed E-state index contributed by atoms with van der Waals surface area (Å²) in [5, 5.41) is 6.51. The van der Waals surface area contributed by atoms with Gasteiger partial charge in [-0.3, -0.25) is 9.59 Å². The molecule has 0 radical (unpaired) electrons. The molecule has 0 saturated heterocycles. The summed E-state index contributed by atoms with van der Waals surface area (Å²) in [6.45, 7) is 5.36. The Morgan fingerprint density at radius 3 is 2.53 bits per heavy atom. The number of aromatic nitrogens is 1. The highest BCUT2D eigenvalue weighted by Gasteiger charge is 2.12. The van der Waals surface area contributed by atoms with Crippen LogP contribution >= 0.6 is 11.8 Å². The van der Waals surface area contributed by atoms with Crippen molar-refractivity contribution in [2.45, 2.75) is 26.5 Å². The van der Waals surface area contributed by atoms with Gasteiger partial charge in [-0.25, -0.2) is 4.79 Å². The molecule has 1 aromatic heterocycles. The molecule has 160 valence electrons. The summed E-state index contributed by atoms with van der Waals surface area (Å²) in [5.74, 6) is 0.116. The fourth-order valence-corrected chi connectivity index (χ4v) is 3.33. The number of aryl methyl sites for hydroxylation is 2. The van der Waals surface area contributed by atoms with E-state index in [1.807, 2.05) is 13.8 Å². The lowest BCUT2D eigenvalue weighted by Crippen LogP contribution is -2.21. The first kappa shape index (κ1) is 23.2. The van der Waals surface area contributed by atoms with E-state index in [1.165, 1.54) is 17.8 Å². The van der Waals surface area contributed by atoms with E-state index in [0.29, 0.717) is 18.0 Å². The third-order valence-corrected chi connectivity index (χ3v) is 4.84. The van der Waals surface area contributed by atoms with Crippen LogP contribution in [0.25, 0.3) is 6.08 Å². The van der Waals surface area contributed by atoms with E-state index in [4.69, 9.17) is 14.0 Å². The Balaban J connectivity index is 1.69. The van der Waals surface area contributed by atoms with E-state index in [1.54, 1.807) is 37.3 Å². The van der Waals surface area contributed by atoms with Crippen LogP contribution < -0.4 is 5.32 Å². The van der Waals surface area contributed by atoms with E-state index < -0.39 is 17.8 Å². The van der Waals surface area contributed by atoms with E-state index in [9.17, 15) is 14.4 Å². The molecule has 0 saturated carbocycles. The maximum absolute atomic E-state index is 11.9. The van der Waals surface area contributed by atoms with E-state index in [-0.39, 0.29) is 12.4 Å². The fourth-order valence-electron chi connectivity index (χ4n) is 2.36. The summed E-state index contributed by atoms with van der Waals surface area (Å²) in [5.41, 5.74) is 3.10. The number of rotatable bonds is 10. The van der Waals surface area contributed by atoms with Gasteiger partial charge in [0.05, 0.1) is 18.1 Å². The van der Waals surface area contributed by atoms with Crippen LogP contribution in [0.2, 0.25) is 0 Å². The van der Waals surface area contributed by atoms with Crippen LogP contribution in [0.15, 0.2) is 34.9 Å². The molecule has 0 spiro atoms.